The first-order valence-corrected chi connectivity index (χ1v) is 6.52. The second-order valence-electron chi connectivity index (χ2n) is 3.33. The molecule has 0 saturated carbocycles. The van der Waals surface area contributed by atoms with Crippen LogP contribution >= 0.6 is 18.5 Å². The van der Waals surface area contributed by atoms with E-state index in [0.29, 0.717) is 12.3 Å². The summed E-state index contributed by atoms with van der Waals surface area (Å²) in [5.74, 6) is -1.90. The second kappa shape index (κ2) is 7.17. The van der Waals surface area contributed by atoms with E-state index < -0.39 is 17.6 Å². The van der Waals surface area contributed by atoms with Crippen LogP contribution in [0.5, 0.6) is 0 Å². The van der Waals surface area contributed by atoms with Crippen molar-refractivity contribution in [2.24, 2.45) is 5.73 Å². The van der Waals surface area contributed by atoms with Gasteiger partial charge < -0.3 is 24.7 Å². The molecule has 0 fully saturated rings. The van der Waals surface area contributed by atoms with E-state index >= 15 is 0 Å². The van der Waals surface area contributed by atoms with Gasteiger partial charge in [-0.1, -0.05) is 0 Å². The lowest BCUT2D eigenvalue weighted by atomic mass is 10.0. The van der Waals surface area contributed by atoms with Crippen LogP contribution in [0.2, 0.25) is 0 Å². The van der Waals surface area contributed by atoms with Gasteiger partial charge in [-0.25, -0.2) is 0 Å². The van der Waals surface area contributed by atoms with E-state index in [4.69, 9.17) is 24.7 Å². The van der Waals surface area contributed by atoms with Gasteiger partial charge >= 0.3 is 0 Å². The normalized spacial score (nSPS) is 13.5. The summed E-state index contributed by atoms with van der Waals surface area (Å²) in [6.45, 7) is 0. The molecule has 16 heavy (non-hydrogen) atoms. The maximum atomic E-state index is 6.17. The predicted molar refractivity (Wildman–Crippen MR) is 70.6 cm³/mol. The van der Waals surface area contributed by atoms with E-state index in [1.54, 1.807) is 28.4 Å². The minimum absolute atomic E-state index is 0.514. The van der Waals surface area contributed by atoms with Crippen LogP contribution in [0.25, 0.3) is 0 Å². The van der Waals surface area contributed by atoms with Gasteiger partial charge in [0, 0.05) is 40.8 Å². The molecule has 7 heteroatoms. The SMILES string of the molecule is COC(CP)(OC)C(N)C(CP)(OC)OC. The van der Waals surface area contributed by atoms with Crippen LogP contribution in [0.1, 0.15) is 0 Å². The van der Waals surface area contributed by atoms with E-state index in [-0.39, 0.29) is 0 Å². The summed E-state index contributed by atoms with van der Waals surface area (Å²) < 4.78 is 21.5. The van der Waals surface area contributed by atoms with E-state index in [1.807, 2.05) is 0 Å². The Balaban J connectivity index is 5.16. The lowest BCUT2D eigenvalue weighted by Crippen LogP contribution is -2.66. The molecule has 0 aliphatic rings. The Hall–Kier alpha value is 0.660. The summed E-state index contributed by atoms with van der Waals surface area (Å²) in [7, 11) is 11.3. The average molecular weight is 271 g/mol. The van der Waals surface area contributed by atoms with Crippen LogP contribution in [0, 0.1) is 0 Å². The van der Waals surface area contributed by atoms with Crippen molar-refractivity contribution in [2.75, 3.05) is 40.8 Å². The molecule has 0 heterocycles. The fourth-order valence-corrected chi connectivity index (χ4v) is 2.77. The van der Waals surface area contributed by atoms with E-state index in [0.717, 1.165) is 0 Å². The van der Waals surface area contributed by atoms with Crippen molar-refractivity contribution < 1.29 is 18.9 Å². The second-order valence-corrected chi connectivity index (χ2v) is 4.14. The Morgan fingerprint density at radius 2 is 1.12 bits per heavy atom. The quantitative estimate of drug-likeness (QED) is 0.499. The van der Waals surface area contributed by atoms with E-state index in [1.165, 1.54) is 0 Å². The first-order valence-electron chi connectivity index (χ1n) is 4.88. The van der Waals surface area contributed by atoms with E-state index in [9.17, 15) is 0 Å². The molecule has 0 rings (SSSR count). The Labute approximate surface area is 102 Å². The minimum Gasteiger partial charge on any atom is -0.351 e. The van der Waals surface area contributed by atoms with Crippen LogP contribution in [-0.4, -0.2) is 58.4 Å². The molecular formula is C9H23NO4P2. The van der Waals surface area contributed by atoms with Gasteiger partial charge in [0.1, 0.15) is 6.04 Å². The molecule has 2 atom stereocenters. The Kier molecular flexibility index (Phi) is 7.47. The number of ether oxygens (including phenoxy) is 4. The van der Waals surface area contributed by atoms with Crippen LogP contribution in [0.4, 0.5) is 0 Å². The molecule has 0 spiro atoms. The predicted octanol–water partition coefficient (Wildman–Crippen LogP) is 0.0421. The number of hydrogen-bond donors (Lipinski definition) is 1. The lowest BCUT2D eigenvalue weighted by Gasteiger charge is -2.44. The van der Waals surface area contributed by atoms with Crippen LogP contribution in [0.3, 0.4) is 0 Å². The first-order chi connectivity index (χ1) is 7.52. The maximum absolute atomic E-state index is 6.17. The highest BCUT2D eigenvalue weighted by atomic mass is 31.0. The van der Waals surface area contributed by atoms with Crippen LogP contribution < -0.4 is 5.73 Å². The molecule has 0 saturated heterocycles. The average Bonchev–Trinajstić information content (AvgIpc) is 2.35. The summed E-state index contributed by atoms with van der Waals surface area (Å²) in [5, 5.41) is 0. The molecule has 5 nitrogen and oxygen atoms in total. The third kappa shape index (κ3) is 2.91. The van der Waals surface area contributed by atoms with Crippen LogP contribution in [-0.2, 0) is 18.9 Å². The molecule has 0 radical (unpaired) electrons. The molecule has 98 valence electrons. The third-order valence-corrected chi connectivity index (χ3v) is 4.04. The maximum Gasteiger partial charge on any atom is 0.191 e. The summed E-state index contributed by atoms with van der Waals surface area (Å²) in [4.78, 5) is 0. The van der Waals surface area contributed by atoms with Gasteiger partial charge in [0.2, 0.25) is 0 Å². The molecule has 2 unspecified atom stereocenters. The van der Waals surface area contributed by atoms with Gasteiger partial charge in [0.15, 0.2) is 11.6 Å². The lowest BCUT2D eigenvalue weighted by molar-refractivity contribution is -0.287. The van der Waals surface area contributed by atoms with Crippen molar-refractivity contribution in [1.82, 2.24) is 0 Å². The van der Waals surface area contributed by atoms with Gasteiger partial charge in [0.25, 0.3) is 0 Å². The Morgan fingerprint density at radius 1 is 0.875 bits per heavy atom. The summed E-state index contributed by atoms with van der Waals surface area (Å²) >= 11 is 0. The van der Waals surface area contributed by atoms with Gasteiger partial charge in [-0.3, -0.25) is 0 Å². The molecule has 0 aliphatic carbocycles. The molecule has 0 aromatic carbocycles. The highest BCUT2D eigenvalue weighted by Gasteiger charge is 2.49. The smallest absolute Gasteiger partial charge is 0.191 e. The minimum atomic E-state index is -0.951. The third-order valence-electron chi connectivity index (χ3n) is 2.90. The fourth-order valence-electron chi connectivity index (χ4n) is 1.60. The van der Waals surface area contributed by atoms with Crippen molar-refractivity contribution in [2.45, 2.75) is 17.6 Å². The van der Waals surface area contributed by atoms with Crippen molar-refractivity contribution in [3.05, 3.63) is 0 Å². The van der Waals surface area contributed by atoms with Gasteiger partial charge in [-0.15, -0.1) is 18.5 Å². The number of methoxy groups -OCH3 is 4. The fraction of sp³-hybridized carbons (Fsp3) is 1.00. The molecular weight excluding hydrogens is 248 g/mol. The Bertz CT molecular complexity index is 161. The van der Waals surface area contributed by atoms with Gasteiger partial charge in [0.05, 0.1) is 0 Å². The summed E-state index contributed by atoms with van der Waals surface area (Å²) in [6, 6.07) is -0.583. The highest BCUT2D eigenvalue weighted by molar-refractivity contribution is 7.16. The summed E-state index contributed by atoms with van der Waals surface area (Å²) in [6.07, 6.45) is 1.03. The molecule has 0 bridgehead atoms. The van der Waals surface area contributed by atoms with Gasteiger partial charge in [-0.05, 0) is 0 Å². The zero-order valence-corrected chi connectivity index (χ0v) is 12.7. The molecule has 2 N–H and O–H groups in total. The highest BCUT2D eigenvalue weighted by Crippen LogP contribution is 2.30. The topological polar surface area (TPSA) is 62.9 Å². The van der Waals surface area contributed by atoms with Crippen molar-refractivity contribution in [3.63, 3.8) is 0 Å². The van der Waals surface area contributed by atoms with Gasteiger partial charge in [-0.2, -0.15) is 0 Å². The zero-order valence-electron chi connectivity index (χ0n) is 10.4. The van der Waals surface area contributed by atoms with E-state index in [2.05, 4.69) is 18.5 Å². The molecule has 0 aromatic rings. The number of nitrogens with two attached hydrogens (primary N) is 1. The standard InChI is InChI=1S/C9H23NO4P2/c1-11-8(5-15,12-2)7(10)9(6-16,13-3)14-4/h7H,5-6,10,15-16H2,1-4H3. The molecule has 0 amide bonds. The van der Waals surface area contributed by atoms with Crippen LogP contribution in [0.15, 0.2) is 0 Å². The number of rotatable bonds is 8. The first kappa shape index (κ1) is 16.7. The Morgan fingerprint density at radius 3 is 1.25 bits per heavy atom. The largest absolute Gasteiger partial charge is 0.351 e. The van der Waals surface area contributed by atoms with Crippen molar-refractivity contribution in [3.8, 4) is 0 Å². The monoisotopic (exact) mass is 271 g/mol. The number of hydrogen-bond acceptors (Lipinski definition) is 5. The molecule has 0 aliphatic heterocycles. The van der Waals surface area contributed by atoms with Crippen molar-refractivity contribution in [1.29, 1.82) is 0 Å². The zero-order chi connectivity index (χ0) is 12.8. The molecule has 0 aromatic heterocycles. The van der Waals surface area contributed by atoms with Crippen molar-refractivity contribution >= 4 is 18.5 Å². The summed E-state index contributed by atoms with van der Waals surface area (Å²) in [5.41, 5.74) is 6.17.